The van der Waals surface area contributed by atoms with Crippen LogP contribution >= 0.6 is 22.7 Å². The van der Waals surface area contributed by atoms with Crippen molar-refractivity contribution < 1.29 is 0 Å². The minimum atomic E-state index is 0.691. The van der Waals surface area contributed by atoms with Crippen molar-refractivity contribution in [3.8, 4) is 0 Å². The third-order valence-electron chi connectivity index (χ3n) is 2.58. The van der Waals surface area contributed by atoms with Crippen LogP contribution in [0.2, 0.25) is 0 Å². The first-order valence-corrected chi connectivity index (χ1v) is 7.21. The van der Waals surface area contributed by atoms with Gasteiger partial charge in [0.1, 0.15) is 5.01 Å². The van der Waals surface area contributed by atoms with Crippen LogP contribution in [-0.2, 0) is 6.54 Å². The Morgan fingerprint density at radius 1 is 1.39 bits per heavy atom. The van der Waals surface area contributed by atoms with Crippen molar-refractivity contribution in [2.75, 3.05) is 11.1 Å². The molecule has 6 heteroatoms. The molecule has 0 bridgehead atoms. The second-order valence-corrected chi connectivity index (χ2v) is 6.13. The molecule has 0 radical (unpaired) electrons. The molecule has 18 heavy (non-hydrogen) atoms. The lowest BCUT2D eigenvalue weighted by molar-refractivity contribution is 1.11. The predicted octanol–water partition coefficient (Wildman–Crippen LogP) is 3.26. The Morgan fingerprint density at radius 2 is 2.28 bits per heavy atom. The highest BCUT2D eigenvalue weighted by Crippen LogP contribution is 2.30. The summed E-state index contributed by atoms with van der Waals surface area (Å²) in [5, 5.41) is 7.37. The van der Waals surface area contributed by atoms with Crippen LogP contribution in [0.5, 0.6) is 0 Å². The number of hydrogen-bond donors (Lipinski definition) is 2. The van der Waals surface area contributed by atoms with Crippen molar-refractivity contribution in [2.45, 2.75) is 13.5 Å². The Kier molecular flexibility index (Phi) is 2.89. The number of anilines is 2. The van der Waals surface area contributed by atoms with Gasteiger partial charge in [0, 0.05) is 11.6 Å². The number of nitrogens with zero attached hydrogens (tertiary/aromatic N) is 2. The maximum atomic E-state index is 6.03. The summed E-state index contributed by atoms with van der Waals surface area (Å²) in [4.78, 5) is 8.70. The number of rotatable bonds is 3. The summed E-state index contributed by atoms with van der Waals surface area (Å²) in [6.07, 6.45) is 1.80. The number of aromatic nitrogens is 2. The van der Waals surface area contributed by atoms with E-state index in [-0.39, 0.29) is 0 Å². The standard InChI is InChI=1S/C12H12N4S2/c1-7-16-10-5-9(8(13)4-11(10)18-7)15-6-12-14-2-3-17-12/h2-5,15H,6,13H2,1H3. The summed E-state index contributed by atoms with van der Waals surface area (Å²) in [5.74, 6) is 0. The van der Waals surface area contributed by atoms with E-state index in [1.54, 1.807) is 28.9 Å². The van der Waals surface area contributed by atoms with Gasteiger partial charge >= 0.3 is 0 Å². The van der Waals surface area contributed by atoms with Gasteiger partial charge in [0.15, 0.2) is 0 Å². The number of thiazole rings is 2. The van der Waals surface area contributed by atoms with E-state index in [9.17, 15) is 0 Å². The highest BCUT2D eigenvalue weighted by atomic mass is 32.1. The van der Waals surface area contributed by atoms with E-state index in [0.717, 1.165) is 31.6 Å². The van der Waals surface area contributed by atoms with Gasteiger partial charge in [-0.15, -0.1) is 22.7 Å². The van der Waals surface area contributed by atoms with E-state index in [1.165, 1.54) is 0 Å². The molecule has 0 amide bonds. The van der Waals surface area contributed by atoms with Gasteiger partial charge in [0.05, 0.1) is 33.1 Å². The van der Waals surface area contributed by atoms with Crippen LogP contribution in [0.4, 0.5) is 11.4 Å². The van der Waals surface area contributed by atoms with Gasteiger partial charge in [0.2, 0.25) is 0 Å². The van der Waals surface area contributed by atoms with Gasteiger partial charge < -0.3 is 11.1 Å². The topological polar surface area (TPSA) is 63.8 Å². The SMILES string of the molecule is Cc1nc2cc(NCc3nccs3)c(N)cc2s1. The van der Waals surface area contributed by atoms with Crippen molar-refractivity contribution in [2.24, 2.45) is 0 Å². The molecular weight excluding hydrogens is 264 g/mol. The molecule has 0 unspecified atom stereocenters. The van der Waals surface area contributed by atoms with Gasteiger partial charge in [0.25, 0.3) is 0 Å². The monoisotopic (exact) mass is 276 g/mol. The number of aryl methyl sites for hydroxylation is 1. The summed E-state index contributed by atoms with van der Waals surface area (Å²) < 4.78 is 1.13. The molecule has 3 N–H and O–H groups in total. The number of nitrogen functional groups attached to an aromatic ring is 1. The molecule has 3 rings (SSSR count). The van der Waals surface area contributed by atoms with Crippen LogP contribution in [0.25, 0.3) is 10.2 Å². The first-order chi connectivity index (χ1) is 8.72. The molecule has 0 aliphatic carbocycles. The van der Waals surface area contributed by atoms with E-state index in [1.807, 2.05) is 24.4 Å². The Bertz CT molecular complexity index is 673. The largest absolute Gasteiger partial charge is 0.397 e. The average molecular weight is 276 g/mol. The summed E-state index contributed by atoms with van der Waals surface area (Å²) >= 11 is 3.29. The third kappa shape index (κ3) is 2.16. The molecule has 2 heterocycles. The molecule has 92 valence electrons. The van der Waals surface area contributed by atoms with Crippen LogP contribution in [0.15, 0.2) is 23.7 Å². The molecule has 3 aromatic rings. The fourth-order valence-electron chi connectivity index (χ4n) is 1.77. The molecule has 0 fully saturated rings. The Hall–Kier alpha value is -1.66. The lowest BCUT2D eigenvalue weighted by Gasteiger charge is -2.07. The quantitative estimate of drug-likeness (QED) is 0.721. The smallest absolute Gasteiger partial charge is 0.112 e. The lowest BCUT2D eigenvalue weighted by Crippen LogP contribution is -2.01. The van der Waals surface area contributed by atoms with Gasteiger partial charge in [-0.3, -0.25) is 0 Å². The maximum absolute atomic E-state index is 6.03. The molecule has 0 aliphatic heterocycles. The Balaban J connectivity index is 1.88. The number of benzene rings is 1. The molecular formula is C12H12N4S2. The highest BCUT2D eigenvalue weighted by molar-refractivity contribution is 7.18. The van der Waals surface area contributed by atoms with Crippen LogP contribution in [0.1, 0.15) is 10.0 Å². The van der Waals surface area contributed by atoms with Crippen molar-refractivity contribution in [1.29, 1.82) is 0 Å². The highest BCUT2D eigenvalue weighted by Gasteiger charge is 2.06. The summed E-state index contributed by atoms with van der Waals surface area (Å²) in [6, 6.07) is 3.98. The molecule has 0 atom stereocenters. The van der Waals surface area contributed by atoms with Crippen LogP contribution in [0, 0.1) is 6.92 Å². The number of nitrogens with one attached hydrogen (secondary N) is 1. The van der Waals surface area contributed by atoms with E-state index >= 15 is 0 Å². The van der Waals surface area contributed by atoms with Crippen molar-refractivity contribution >= 4 is 44.3 Å². The fraction of sp³-hybridized carbons (Fsp3) is 0.167. The van der Waals surface area contributed by atoms with E-state index in [2.05, 4.69) is 15.3 Å². The Morgan fingerprint density at radius 3 is 3.06 bits per heavy atom. The minimum Gasteiger partial charge on any atom is -0.397 e. The zero-order chi connectivity index (χ0) is 12.5. The van der Waals surface area contributed by atoms with Gasteiger partial charge in [-0.2, -0.15) is 0 Å². The van der Waals surface area contributed by atoms with E-state index < -0.39 is 0 Å². The molecule has 0 saturated heterocycles. The zero-order valence-corrected chi connectivity index (χ0v) is 11.4. The Labute approximate surface area is 113 Å². The molecule has 2 aromatic heterocycles. The van der Waals surface area contributed by atoms with Gasteiger partial charge in [-0.05, 0) is 19.1 Å². The molecule has 0 aliphatic rings. The fourth-order valence-corrected chi connectivity index (χ4v) is 3.18. The van der Waals surface area contributed by atoms with Crippen molar-refractivity contribution in [3.05, 3.63) is 33.7 Å². The van der Waals surface area contributed by atoms with Crippen LogP contribution in [0.3, 0.4) is 0 Å². The number of hydrogen-bond acceptors (Lipinski definition) is 6. The third-order valence-corrected chi connectivity index (χ3v) is 4.29. The minimum absolute atomic E-state index is 0.691. The molecule has 0 spiro atoms. The average Bonchev–Trinajstić information content (AvgIpc) is 2.94. The van der Waals surface area contributed by atoms with E-state index in [0.29, 0.717) is 6.54 Å². The molecule has 0 saturated carbocycles. The van der Waals surface area contributed by atoms with Gasteiger partial charge in [-0.25, -0.2) is 9.97 Å². The first kappa shape index (κ1) is 11.4. The maximum Gasteiger partial charge on any atom is 0.112 e. The number of nitrogens with two attached hydrogens (primary N) is 1. The zero-order valence-electron chi connectivity index (χ0n) is 9.80. The van der Waals surface area contributed by atoms with Crippen LogP contribution in [-0.4, -0.2) is 9.97 Å². The summed E-state index contributed by atoms with van der Waals surface area (Å²) in [6.45, 7) is 2.69. The number of fused-ring (bicyclic) bond motifs is 1. The first-order valence-electron chi connectivity index (χ1n) is 5.51. The second kappa shape index (κ2) is 4.55. The summed E-state index contributed by atoms with van der Waals surface area (Å²) in [5.41, 5.74) is 8.70. The van der Waals surface area contributed by atoms with Crippen molar-refractivity contribution in [3.63, 3.8) is 0 Å². The van der Waals surface area contributed by atoms with Crippen molar-refractivity contribution in [1.82, 2.24) is 9.97 Å². The summed E-state index contributed by atoms with van der Waals surface area (Å²) in [7, 11) is 0. The predicted molar refractivity (Wildman–Crippen MR) is 78.2 cm³/mol. The second-order valence-electron chi connectivity index (χ2n) is 3.92. The van der Waals surface area contributed by atoms with E-state index in [4.69, 9.17) is 5.73 Å². The van der Waals surface area contributed by atoms with Crippen LogP contribution < -0.4 is 11.1 Å². The normalized spacial score (nSPS) is 10.9. The molecule has 1 aromatic carbocycles. The molecule has 4 nitrogen and oxygen atoms in total. The van der Waals surface area contributed by atoms with Gasteiger partial charge in [-0.1, -0.05) is 0 Å². The lowest BCUT2D eigenvalue weighted by atomic mass is 10.2.